The average Bonchev–Trinajstić information content (AvgIpc) is 2.40. The fourth-order valence-corrected chi connectivity index (χ4v) is 2.60. The van der Waals surface area contributed by atoms with Crippen LogP contribution >= 0.6 is 0 Å². The molecule has 1 amide bonds. The Balaban J connectivity index is 1.88. The van der Waals surface area contributed by atoms with Gasteiger partial charge in [0.25, 0.3) is 0 Å². The highest BCUT2D eigenvalue weighted by molar-refractivity contribution is 5.87. The minimum atomic E-state index is -0.0639. The van der Waals surface area contributed by atoms with Crippen molar-refractivity contribution in [2.24, 2.45) is 0 Å². The predicted molar refractivity (Wildman–Crippen MR) is 74.2 cm³/mol. The van der Waals surface area contributed by atoms with Crippen LogP contribution < -0.4 is 11.1 Å². The summed E-state index contributed by atoms with van der Waals surface area (Å²) in [5, 5.41) is 2.97. The van der Waals surface area contributed by atoms with Gasteiger partial charge in [-0.2, -0.15) is 0 Å². The summed E-state index contributed by atoms with van der Waals surface area (Å²) in [5.41, 5.74) is 7.86. The Morgan fingerprint density at radius 3 is 2.39 bits per heavy atom. The highest BCUT2D eigenvalue weighted by atomic mass is 16.1. The van der Waals surface area contributed by atoms with Crippen LogP contribution in [0.2, 0.25) is 0 Å². The first-order valence-electron chi connectivity index (χ1n) is 6.47. The highest BCUT2D eigenvalue weighted by Crippen LogP contribution is 2.33. The van der Waals surface area contributed by atoms with Gasteiger partial charge in [-0.25, -0.2) is 0 Å². The molecule has 1 aromatic carbocycles. The number of hydrogen-bond acceptors (Lipinski definition) is 2. The van der Waals surface area contributed by atoms with Gasteiger partial charge < -0.3 is 11.1 Å². The Morgan fingerprint density at radius 2 is 1.83 bits per heavy atom. The van der Waals surface area contributed by atoms with Crippen molar-refractivity contribution in [3.05, 3.63) is 42.5 Å². The summed E-state index contributed by atoms with van der Waals surface area (Å²) in [6.07, 6.45) is 5.65. The standard InChI is InChI=1S/C15H20N2O/c1-2-15(18)17-14-9-5-12(6-10-14)11-3-7-13(16)8-4-11/h2-4,7-8,12,14H,1,5-6,9-10,16H2,(H,17,18). The van der Waals surface area contributed by atoms with Gasteiger partial charge in [-0.05, 0) is 55.4 Å². The maximum Gasteiger partial charge on any atom is 0.243 e. The van der Waals surface area contributed by atoms with E-state index in [9.17, 15) is 4.79 Å². The van der Waals surface area contributed by atoms with Crippen molar-refractivity contribution >= 4 is 11.6 Å². The molecule has 0 aromatic heterocycles. The summed E-state index contributed by atoms with van der Waals surface area (Å²) in [4.78, 5) is 11.2. The number of carbonyl (C=O) groups excluding carboxylic acids is 1. The molecule has 1 aliphatic rings. The summed E-state index contributed by atoms with van der Waals surface area (Å²) in [5.74, 6) is 0.536. The van der Waals surface area contributed by atoms with Crippen LogP contribution in [0.3, 0.4) is 0 Å². The first-order valence-corrected chi connectivity index (χ1v) is 6.47. The number of benzene rings is 1. The zero-order valence-electron chi connectivity index (χ0n) is 10.6. The Hall–Kier alpha value is -1.77. The smallest absolute Gasteiger partial charge is 0.243 e. The molecule has 3 nitrogen and oxygen atoms in total. The molecule has 0 aliphatic heterocycles. The van der Waals surface area contributed by atoms with Crippen molar-refractivity contribution in [3.8, 4) is 0 Å². The molecule has 0 radical (unpaired) electrons. The molecule has 1 aliphatic carbocycles. The van der Waals surface area contributed by atoms with Crippen LogP contribution in [-0.4, -0.2) is 11.9 Å². The monoisotopic (exact) mass is 244 g/mol. The third-order valence-corrected chi connectivity index (χ3v) is 3.67. The number of anilines is 1. The molecule has 1 fully saturated rings. The van der Waals surface area contributed by atoms with E-state index in [0.29, 0.717) is 12.0 Å². The number of carbonyl (C=O) groups is 1. The van der Waals surface area contributed by atoms with Gasteiger partial charge in [-0.15, -0.1) is 0 Å². The molecule has 1 aromatic rings. The van der Waals surface area contributed by atoms with Crippen LogP contribution in [0.15, 0.2) is 36.9 Å². The van der Waals surface area contributed by atoms with Crippen molar-refractivity contribution in [2.75, 3.05) is 5.73 Å². The second-order valence-corrected chi connectivity index (χ2v) is 4.93. The van der Waals surface area contributed by atoms with Gasteiger partial charge >= 0.3 is 0 Å². The normalized spacial score (nSPS) is 23.3. The minimum Gasteiger partial charge on any atom is -0.399 e. The second kappa shape index (κ2) is 5.71. The van der Waals surface area contributed by atoms with Crippen molar-refractivity contribution in [1.29, 1.82) is 0 Å². The fourth-order valence-electron chi connectivity index (χ4n) is 2.60. The molecule has 0 heterocycles. The van der Waals surface area contributed by atoms with E-state index in [1.807, 2.05) is 12.1 Å². The maximum atomic E-state index is 11.2. The van der Waals surface area contributed by atoms with Crippen LogP contribution in [0.4, 0.5) is 5.69 Å². The topological polar surface area (TPSA) is 55.1 Å². The Labute approximate surface area is 108 Å². The minimum absolute atomic E-state index is 0.0639. The molecule has 3 heteroatoms. The van der Waals surface area contributed by atoms with Gasteiger partial charge in [-0.3, -0.25) is 4.79 Å². The van der Waals surface area contributed by atoms with Gasteiger partial charge in [0.05, 0.1) is 0 Å². The molecule has 0 spiro atoms. The quantitative estimate of drug-likeness (QED) is 0.634. The summed E-state index contributed by atoms with van der Waals surface area (Å²) >= 11 is 0. The third kappa shape index (κ3) is 3.13. The zero-order chi connectivity index (χ0) is 13.0. The fraction of sp³-hybridized carbons (Fsp3) is 0.400. The number of nitrogen functional groups attached to an aromatic ring is 1. The number of rotatable bonds is 3. The Kier molecular flexibility index (Phi) is 4.03. The molecule has 96 valence electrons. The number of nitrogens with one attached hydrogen (secondary N) is 1. The van der Waals surface area contributed by atoms with Crippen molar-refractivity contribution < 1.29 is 4.79 Å². The molecule has 0 bridgehead atoms. The van der Waals surface area contributed by atoms with Gasteiger partial charge in [0.1, 0.15) is 0 Å². The molecule has 18 heavy (non-hydrogen) atoms. The van der Waals surface area contributed by atoms with E-state index < -0.39 is 0 Å². The van der Waals surface area contributed by atoms with E-state index in [2.05, 4.69) is 24.0 Å². The van der Waals surface area contributed by atoms with Gasteiger partial charge in [0.2, 0.25) is 5.91 Å². The van der Waals surface area contributed by atoms with Gasteiger partial charge in [0.15, 0.2) is 0 Å². The van der Waals surface area contributed by atoms with Crippen LogP contribution in [0.1, 0.15) is 37.2 Å². The van der Waals surface area contributed by atoms with Crippen molar-refractivity contribution in [1.82, 2.24) is 5.32 Å². The molecule has 0 unspecified atom stereocenters. The highest BCUT2D eigenvalue weighted by Gasteiger charge is 2.22. The molecule has 3 N–H and O–H groups in total. The van der Waals surface area contributed by atoms with Crippen LogP contribution in [0, 0.1) is 0 Å². The number of nitrogens with two attached hydrogens (primary N) is 1. The summed E-state index contributed by atoms with van der Waals surface area (Å²) < 4.78 is 0. The molecular weight excluding hydrogens is 224 g/mol. The average molecular weight is 244 g/mol. The lowest BCUT2D eigenvalue weighted by Gasteiger charge is -2.29. The number of amides is 1. The molecule has 0 saturated heterocycles. The molecular formula is C15H20N2O. The van der Waals surface area contributed by atoms with E-state index in [0.717, 1.165) is 31.4 Å². The van der Waals surface area contributed by atoms with Gasteiger partial charge in [-0.1, -0.05) is 18.7 Å². The first kappa shape index (κ1) is 12.7. The van der Waals surface area contributed by atoms with E-state index in [4.69, 9.17) is 5.73 Å². The molecule has 1 saturated carbocycles. The maximum absolute atomic E-state index is 11.2. The lowest BCUT2D eigenvalue weighted by molar-refractivity contribution is -0.117. The SMILES string of the molecule is C=CC(=O)NC1CCC(c2ccc(N)cc2)CC1. The first-order chi connectivity index (χ1) is 8.69. The summed E-state index contributed by atoms with van der Waals surface area (Å²) in [6.45, 7) is 3.47. The van der Waals surface area contributed by atoms with E-state index >= 15 is 0 Å². The molecule has 2 rings (SSSR count). The largest absolute Gasteiger partial charge is 0.399 e. The third-order valence-electron chi connectivity index (χ3n) is 3.67. The zero-order valence-corrected chi connectivity index (χ0v) is 10.6. The van der Waals surface area contributed by atoms with Gasteiger partial charge in [0, 0.05) is 11.7 Å². The van der Waals surface area contributed by atoms with E-state index in [1.165, 1.54) is 11.6 Å². The van der Waals surface area contributed by atoms with Crippen molar-refractivity contribution in [3.63, 3.8) is 0 Å². The van der Waals surface area contributed by atoms with Crippen LogP contribution in [-0.2, 0) is 4.79 Å². The second-order valence-electron chi connectivity index (χ2n) is 4.93. The Morgan fingerprint density at radius 1 is 1.22 bits per heavy atom. The van der Waals surface area contributed by atoms with Crippen LogP contribution in [0.5, 0.6) is 0 Å². The number of hydrogen-bond donors (Lipinski definition) is 2. The summed E-state index contributed by atoms with van der Waals surface area (Å²) in [7, 11) is 0. The predicted octanol–water partition coefficient (Wildman–Crippen LogP) is 2.60. The summed E-state index contributed by atoms with van der Waals surface area (Å²) in [6, 6.07) is 8.45. The van der Waals surface area contributed by atoms with Crippen molar-refractivity contribution in [2.45, 2.75) is 37.6 Å². The van der Waals surface area contributed by atoms with Crippen LogP contribution in [0.25, 0.3) is 0 Å². The van der Waals surface area contributed by atoms with E-state index in [-0.39, 0.29) is 5.91 Å². The van der Waals surface area contributed by atoms with E-state index in [1.54, 1.807) is 0 Å². The molecule has 0 atom stereocenters. The Bertz CT molecular complexity index is 417. The lowest BCUT2D eigenvalue weighted by atomic mass is 9.81. The lowest BCUT2D eigenvalue weighted by Crippen LogP contribution is -2.36.